The maximum absolute atomic E-state index is 13.4. The average molecular weight is 442 g/mol. The smallest absolute Gasteiger partial charge is 0.270 e. The molecule has 0 atom stereocenters. The van der Waals surface area contributed by atoms with E-state index in [9.17, 15) is 4.79 Å². The third-order valence-electron chi connectivity index (χ3n) is 6.38. The molecule has 32 heavy (non-hydrogen) atoms. The van der Waals surface area contributed by atoms with E-state index in [1.54, 1.807) is 14.2 Å². The summed E-state index contributed by atoms with van der Waals surface area (Å²) in [6.45, 7) is 9.53. The molecule has 7 heteroatoms. The van der Waals surface area contributed by atoms with Gasteiger partial charge in [-0.25, -0.2) is 0 Å². The maximum Gasteiger partial charge on any atom is 0.270 e. The second kappa shape index (κ2) is 9.96. The van der Waals surface area contributed by atoms with Gasteiger partial charge in [-0.2, -0.15) is 0 Å². The average Bonchev–Trinajstić information content (AvgIpc) is 3.05. The van der Waals surface area contributed by atoms with Gasteiger partial charge in [0, 0.05) is 44.0 Å². The Kier molecular flexibility index (Phi) is 7.06. The summed E-state index contributed by atoms with van der Waals surface area (Å²) < 4.78 is 18.6. The van der Waals surface area contributed by atoms with Crippen molar-refractivity contribution in [3.63, 3.8) is 0 Å². The highest BCUT2D eigenvalue weighted by molar-refractivity contribution is 5.93. The van der Waals surface area contributed by atoms with Crippen molar-refractivity contribution in [2.45, 2.75) is 45.8 Å². The molecule has 0 aliphatic carbocycles. The number of hydrogen-bond donors (Lipinski definition) is 0. The lowest BCUT2D eigenvalue weighted by Crippen LogP contribution is -2.41. The molecule has 174 valence electrons. The molecule has 3 heterocycles. The van der Waals surface area contributed by atoms with Crippen LogP contribution in [-0.2, 0) is 24.2 Å². The van der Waals surface area contributed by atoms with Crippen molar-refractivity contribution in [1.82, 2.24) is 14.4 Å². The summed E-state index contributed by atoms with van der Waals surface area (Å²) in [5, 5.41) is 0. The molecular weight excluding hydrogens is 406 g/mol. The SMILES string of the molecule is COc1cc(CN2CCCc3cc(C(=O)N4CCOCC4)n(C(C)C)c3C2)cc(OC)c1. The van der Waals surface area contributed by atoms with E-state index in [0.29, 0.717) is 26.3 Å². The monoisotopic (exact) mass is 441 g/mol. The van der Waals surface area contributed by atoms with Gasteiger partial charge in [0.2, 0.25) is 0 Å². The van der Waals surface area contributed by atoms with Gasteiger partial charge in [-0.15, -0.1) is 0 Å². The van der Waals surface area contributed by atoms with Crippen LogP contribution in [0.1, 0.15) is 53.6 Å². The number of fused-ring (bicyclic) bond motifs is 1. The van der Waals surface area contributed by atoms with E-state index >= 15 is 0 Å². The Morgan fingerprint density at radius 3 is 2.34 bits per heavy atom. The summed E-state index contributed by atoms with van der Waals surface area (Å²) in [6, 6.07) is 8.41. The Bertz CT molecular complexity index is 925. The second-order valence-electron chi connectivity index (χ2n) is 8.90. The molecule has 7 nitrogen and oxygen atoms in total. The van der Waals surface area contributed by atoms with Crippen LogP contribution in [0.5, 0.6) is 11.5 Å². The minimum absolute atomic E-state index is 0.124. The van der Waals surface area contributed by atoms with Crippen LogP contribution in [0.4, 0.5) is 0 Å². The van der Waals surface area contributed by atoms with Crippen LogP contribution in [0.2, 0.25) is 0 Å². The predicted molar refractivity (Wildman–Crippen MR) is 124 cm³/mol. The zero-order valence-corrected chi connectivity index (χ0v) is 19.7. The number of hydrogen-bond acceptors (Lipinski definition) is 5. The lowest BCUT2D eigenvalue weighted by Gasteiger charge is -2.28. The van der Waals surface area contributed by atoms with E-state index in [4.69, 9.17) is 14.2 Å². The van der Waals surface area contributed by atoms with E-state index in [-0.39, 0.29) is 11.9 Å². The lowest BCUT2D eigenvalue weighted by molar-refractivity contribution is 0.0294. The number of methoxy groups -OCH3 is 2. The van der Waals surface area contributed by atoms with Gasteiger partial charge in [0.25, 0.3) is 5.91 Å². The van der Waals surface area contributed by atoms with Gasteiger partial charge >= 0.3 is 0 Å². The third kappa shape index (κ3) is 4.79. The molecule has 0 unspecified atom stereocenters. The minimum atomic E-state index is 0.124. The Morgan fingerprint density at radius 2 is 1.72 bits per heavy atom. The number of amides is 1. The van der Waals surface area contributed by atoms with Gasteiger partial charge < -0.3 is 23.7 Å². The summed E-state index contributed by atoms with van der Waals surface area (Å²) in [4.78, 5) is 17.7. The van der Waals surface area contributed by atoms with Crippen LogP contribution in [0, 0.1) is 0 Å². The summed E-state index contributed by atoms with van der Waals surface area (Å²) >= 11 is 0. The number of aromatic nitrogens is 1. The van der Waals surface area contributed by atoms with Crippen molar-refractivity contribution in [3.8, 4) is 11.5 Å². The van der Waals surface area contributed by atoms with E-state index in [1.165, 1.54) is 11.3 Å². The largest absolute Gasteiger partial charge is 0.497 e. The van der Waals surface area contributed by atoms with Crippen LogP contribution >= 0.6 is 0 Å². The van der Waals surface area contributed by atoms with Crippen LogP contribution in [0.3, 0.4) is 0 Å². The summed E-state index contributed by atoms with van der Waals surface area (Å²) in [5.41, 5.74) is 4.55. The summed E-state index contributed by atoms with van der Waals surface area (Å²) in [7, 11) is 3.36. The fourth-order valence-electron chi connectivity index (χ4n) is 4.83. The Labute approximate surface area is 190 Å². The maximum atomic E-state index is 13.4. The molecule has 0 bridgehead atoms. The topological polar surface area (TPSA) is 56.2 Å². The van der Waals surface area contributed by atoms with Crippen LogP contribution in [0.15, 0.2) is 24.3 Å². The Morgan fingerprint density at radius 1 is 1.03 bits per heavy atom. The molecule has 2 aliphatic rings. The number of carbonyl (C=O) groups excluding carboxylic acids is 1. The number of benzene rings is 1. The first-order chi connectivity index (χ1) is 15.5. The number of aryl methyl sites for hydroxylation is 1. The molecule has 2 aliphatic heterocycles. The highest BCUT2D eigenvalue weighted by atomic mass is 16.5. The van der Waals surface area contributed by atoms with Crippen molar-refractivity contribution in [3.05, 3.63) is 46.8 Å². The molecule has 1 amide bonds. The first-order valence-electron chi connectivity index (χ1n) is 11.5. The van der Waals surface area contributed by atoms with Crippen molar-refractivity contribution in [1.29, 1.82) is 0 Å². The highest BCUT2D eigenvalue weighted by Gasteiger charge is 2.28. The molecule has 1 aromatic carbocycles. The molecular formula is C25H35N3O4. The highest BCUT2D eigenvalue weighted by Crippen LogP contribution is 2.29. The van der Waals surface area contributed by atoms with Gasteiger partial charge in [0.1, 0.15) is 17.2 Å². The number of nitrogens with zero attached hydrogens (tertiary/aromatic N) is 3. The van der Waals surface area contributed by atoms with Crippen molar-refractivity contribution < 1.29 is 19.0 Å². The Hall–Kier alpha value is -2.51. The summed E-state index contributed by atoms with van der Waals surface area (Å²) in [5.74, 6) is 1.73. The van der Waals surface area contributed by atoms with E-state index in [0.717, 1.165) is 55.2 Å². The molecule has 0 N–H and O–H groups in total. The van der Waals surface area contributed by atoms with Gasteiger partial charge in [-0.05, 0) is 62.6 Å². The quantitative estimate of drug-likeness (QED) is 0.687. The normalized spacial score (nSPS) is 17.2. The zero-order valence-electron chi connectivity index (χ0n) is 19.7. The Balaban J connectivity index is 1.60. The van der Waals surface area contributed by atoms with E-state index < -0.39 is 0 Å². The van der Waals surface area contributed by atoms with Gasteiger partial charge in [-0.1, -0.05) is 0 Å². The molecule has 0 spiro atoms. The fourth-order valence-corrected chi connectivity index (χ4v) is 4.83. The first kappa shape index (κ1) is 22.7. The zero-order chi connectivity index (χ0) is 22.7. The molecule has 2 aromatic rings. The lowest BCUT2D eigenvalue weighted by atomic mass is 10.1. The summed E-state index contributed by atoms with van der Waals surface area (Å²) in [6.07, 6.45) is 2.07. The van der Waals surface area contributed by atoms with Crippen molar-refractivity contribution >= 4 is 5.91 Å². The first-order valence-corrected chi connectivity index (χ1v) is 11.5. The second-order valence-corrected chi connectivity index (χ2v) is 8.90. The standard InChI is InChI=1S/C25H35N3O4/c1-18(2)28-23(25(29)27-8-10-32-11-9-27)14-20-6-5-7-26(17-24(20)28)16-19-12-21(30-3)15-22(13-19)31-4/h12-15,18H,5-11,16-17H2,1-4H3. The van der Waals surface area contributed by atoms with Crippen LogP contribution in [-0.4, -0.2) is 67.3 Å². The van der Waals surface area contributed by atoms with Crippen LogP contribution in [0.25, 0.3) is 0 Å². The van der Waals surface area contributed by atoms with Crippen molar-refractivity contribution in [2.75, 3.05) is 47.1 Å². The van der Waals surface area contributed by atoms with Crippen LogP contribution < -0.4 is 9.47 Å². The van der Waals surface area contributed by atoms with Crippen molar-refractivity contribution in [2.24, 2.45) is 0 Å². The molecule has 1 aromatic heterocycles. The molecule has 1 fully saturated rings. The molecule has 0 radical (unpaired) electrons. The van der Waals surface area contributed by atoms with Gasteiger partial charge in [0.15, 0.2) is 0 Å². The van der Waals surface area contributed by atoms with Gasteiger partial charge in [0.05, 0.1) is 27.4 Å². The molecule has 0 saturated carbocycles. The molecule has 4 rings (SSSR count). The van der Waals surface area contributed by atoms with E-state index in [2.05, 4.69) is 41.5 Å². The fraction of sp³-hybridized carbons (Fsp3) is 0.560. The number of ether oxygens (including phenoxy) is 3. The number of rotatable bonds is 6. The number of carbonyl (C=O) groups is 1. The minimum Gasteiger partial charge on any atom is -0.497 e. The van der Waals surface area contributed by atoms with E-state index in [1.807, 2.05) is 11.0 Å². The third-order valence-corrected chi connectivity index (χ3v) is 6.38. The predicted octanol–water partition coefficient (Wildman–Crippen LogP) is 3.51. The number of morpholine rings is 1. The van der Waals surface area contributed by atoms with Gasteiger partial charge in [-0.3, -0.25) is 9.69 Å². The molecule has 1 saturated heterocycles.